The molecule has 9 heteroatoms. The molecule has 1 fully saturated rings. The molecule has 0 saturated carbocycles. The van der Waals surface area contributed by atoms with Gasteiger partial charge in [-0.05, 0) is 12.0 Å². The van der Waals surface area contributed by atoms with Crippen LogP contribution in [0.4, 0.5) is 5.82 Å². The van der Waals surface area contributed by atoms with Crippen molar-refractivity contribution in [3.8, 4) is 0 Å². The van der Waals surface area contributed by atoms with E-state index in [9.17, 15) is 4.79 Å². The summed E-state index contributed by atoms with van der Waals surface area (Å²) in [5, 5.41) is 11.9. The number of oxime groups is 1. The summed E-state index contributed by atoms with van der Waals surface area (Å²) in [6.07, 6.45) is 3.53. The van der Waals surface area contributed by atoms with E-state index in [2.05, 4.69) is 39.1 Å². The summed E-state index contributed by atoms with van der Waals surface area (Å²) in [7, 11) is 0. The lowest BCUT2D eigenvalue weighted by Crippen LogP contribution is -2.52. The van der Waals surface area contributed by atoms with Gasteiger partial charge in [0.05, 0.1) is 5.71 Å². The van der Waals surface area contributed by atoms with E-state index in [0.717, 1.165) is 24.6 Å². The van der Waals surface area contributed by atoms with E-state index >= 15 is 0 Å². The van der Waals surface area contributed by atoms with Crippen LogP contribution in [-0.2, 0) is 9.63 Å². The number of piperazine rings is 1. The fourth-order valence-electron chi connectivity index (χ4n) is 3.22. The Bertz CT molecular complexity index is 808. The van der Waals surface area contributed by atoms with Gasteiger partial charge in [0, 0.05) is 38.8 Å². The Balaban J connectivity index is 1.39. The minimum Gasteiger partial charge on any atom is -0.382 e. The number of anilines is 1. The van der Waals surface area contributed by atoms with Gasteiger partial charge in [-0.2, -0.15) is 0 Å². The summed E-state index contributed by atoms with van der Waals surface area (Å²) >= 11 is 0. The first-order valence-corrected chi connectivity index (χ1v) is 8.54. The van der Waals surface area contributed by atoms with E-state index < -0.39 is 6.10 Å². The number of hydrogen-bond donors (Lipinski definition) is 0. The number of rotatable bonds is 3. The number of carbonyl (C=O) groups excluding carboxylic acids is 1. The smallest absolute Gasteiger partial charge is 0.267 e. The molecule has 4 rings (SSSR count). The van der Waals surface area contributed by atoms with E-state index in [1.54, 1.807) is 12.5 Å². The van der Waals surface area contributed by atoms with E-state index in [1.165, 1.54) is 0 Å². The van der Waals surface area contributed by atoms with Gasteiger partial charge in [-0.3, -0.25) is 9.20 Å². The molecule has 0 aliphatic carbocycles. The third-order valence-electron chi connectivity index (χ3n) is 4.74. The molecule has 0 aromatic carbocycles. The zero-order chi connectivity index (χ0) is 17.4. The molecule has 2 aliphatic heterocycles. The van der Waals surface area contributed by atoms with Crippen molar-refractivity contribution in [3.63, 3.8) is 0 Å². The molecule has 132 valence electrons. The lowest BCUT2D eigenvalue weighted by Gasteiger charge is -2.36. The summed E-state index contributed by atoms with van der Waals surface area (Å²) in [5.74, 6) is 1.91. The predicted molar refractivity (Wildman–Crippen MR) is 91.3 cm³/mol. The van der Waals surface area contributed by atoms with Crippen molar-refractivity contribution in [2.45, 2.75) is 26.4 Å². The van der Waals surface area contributed by atoms with Crippen LogP contribution in [0.25, 0.3) is 5.78 Å². The summed E-state index contributed by atoms with van der Waals surface area (Å²) in [6, 6.07) is 1.94. The first-order chi connectivity index (χ1) is 12.1. The maximum Gasteiger partial charge on any atom is 0.267 e. The Labute approximate surface area is 145 Å². The standard InChI is InChI=1S/C16H21N7O2/c1-11(2)12-9-13(25-20-12)15(24)22-7-5-21(6-8-22)14-3-4-17-16-19-18-10-23(14)16/h3-4,10-11,13H,5-9H2,1-2H3/t13-/m0/s1. The fraction of sp³-hybridized carbons (Fsp3) is 0.562. The van der Waals surface area contributed by atoms with Crippen molar-refractivity contribution < 1.29 is 9.63 Å². The number of nitrogens with zero attached hydrogens (tertiary/aromatic N) is 7. The van der Waals surface area contributed by atoms with Gasteiger partial charge in [-0.15, -0.1) is 10.2 Å². The molecular weight excluding hydrogens is 322 g/mol. The number of aromatic nitrogens is 4. The second kappa shape index (κ2) is 6.30. The highest BCUT2D eigenvalue weighted by molar-refractivity contribution is 5.93. The molecule has 9 nitrogen and oxygen atoms in total. The zero-order valence-electron chi connectivity index (χ0n) is 14.4. The van der Waals surface area contributed by atoms with Crippen molar-refractivity contribution in [1.82, 2.24) is 24.5 Å². The summed E-state index contributed by atoms with van der Waals surface area (Å²) < 4.78 is 1.86. The number of hydrogen-bond acceptors (Lipinski definition) is 7. The van der Waals surface area contributed by atoms with Crippen LogP contribution in [0, 0.1) is 5.92 Å². The SMILES string of the molecule is CC(C)C1=NO[C@H](C(=O)N2CCN(c3ccnc4nncn34)CC2)C1. The second-order valence-electron chi connectivity index (χ2n) is 6.65. The molecule has 4 heterocycles. The third-order valence-corrected chi connectivity index (χ3v) is 4.74. The van der Waals surface area contributed by atoms with Crippen molar-refractivity contribution >= 4 is 23.2 Å². The Morgan fingerprint density at radius 3 is 2.80 bits per heavy atom. The fourth-order valence-corrected chi connectivity index (χ4v) is 3.22. The average molecular weight is 343 g/mol. The molecule has 1 atom stereocenters. The molecule has 1 saturated heterocycles. The van der Waals surface area contributed by atoms with Crippen LogP contribution in [0.15, 0.2) is 23.7 Å². The van der Waals surface area contributed by atoms with Crippen molar-refractivity contribution in [2.24, 2.45) is 11.1 Å². The molecule has 0 unspecified atom stereocenters. The topological polar surface area (TPSA) is 88.2 Å². The summed E-state index contributed by atoms with van der Waals surface area (Å²) in [4.78, 5) is 26.3. The molecule has 0 radical (unpaired) electrons. The molecule has 0 N–H and O–H groups in total. The normalized spacial score (nSPS) is 20.9. The van der Waals surface area contributed by atoms with Gasteiger partial charge >= 0.3 is 0 Å². The monoisotopic (exact) mass is 343 g/mol. The van der Waals surface area contributed by atoms with E-state index in [-0.39, 0.29) is 5.91 Å². The van der Waals surface area contributed by atoms with Gasteiger partial charge in [0.15, 0.2) is 0 Å². The zero-order valence-corrected chi connectivity index (χ0v) is 14.4. The van der Waals surface area contributed by atoms with Crippen LogP contribution in [0.1, 0.15) is 20.3 Å². The van der Waals surface area contributed by atoms with Gasteiger partial charge in [-0.25, -0.2) is 4.98 Å². The van der Waals surface area contributed by atoms with Gasteiger partial charge < -0.3 is 14.6 Å². The van der Waals surface area contributed by atoms with E-state index in [0.29, 0.717) is 31.2 Å². The first kappa shape index (κ1) is 15.8. The van der Waals surface area contributed by atoms with Crippen LogP contribution in [0.5, 0.6) is 0 Å². The van der Waals surface area contributed by atoms with Gasteiger partial charge in [0.2, 0.25) is 6.10 Å². The minimum absolute atomic E-state index is 0.0308. The Kier molecular flexibility index (Phi) is 3.98. The number of amides is 1. The quantitative estimate of drug-likeness (QED) is 0.810. The maximum atomic E-state index is 12.7. The van der Waals surface area contributed by atoms with Crippen molar-refractivity contribution in [3.05, 3.63) is 18.6 Å². The van der Waals surface area contributed by atoms with Crippen LogP contribution in [-0.4, -0.2) is 68.4 Å². The van der Waals surface area contributed by atoms with Crippen LogP contribution in [0.3, 0.4) is 0 Å². The molecule has 2 aromatic heterocycles. The van der Waals surface area contributed by atoms with Gasteiger partial charge in [0.25, 0.3) is 11.7 Å². The minimum atomic E-state index is -0.463. The molecule has 2 aromatic rings. The lowest BCUT2D eigenvalue weighted by molar-refractivity contribution is -0.142. The third kappa shape index (κ3) is 2.90. The van der Waals surface area contributed by atoms with Crippen molar-refractivity contribution in [2.75, 3.05) is 31.1 Å². The van der Waals surface area contributed by atoms with Gasteiger partial charge in [-0.1, -0.05) is 19.0 Å². The van der Waals surface area contributed by atoms with Crippen molar-refractivity contribution in [1.29, 1.82) is 0 Å². The summed E-state index contributed by atoms with van der Waals surface area (Å²) in [6.45, 7) is 6.92. The molecule has 1 amide bonds. The molecule has 0 spiro atoms. The molecule has 25 heavy (non-hydrogen) atoms. The second-order valence-corrected chi connectivity index (χ2v) is 6.65. The van der Waals surface area contributed by atoms with Crippen LogP contribution >= 0.6 is 0 Å². The predicted octanol–water partition coefficient (Wildman–Crippen LogP) is 0.574. The highest BCUT2D eigenvalue weighted by Crippen LogP contribution is 2.20. The van der Waals surface area contributed by atoms with Gasteiger partial charge in [0.1, 0.15) is 12.1 Å². The Morgan fingerprint density at radius 1 is 1.28 bits per heavy atom. The lowest BCUT2D eigenvalue weighted by atomic mass is 10.0. The average Bonchev–Trinajstić information content (AvgIpc) is 3.30. The Morgan fingerprint density at radius 2 is 2.08 bits per heavy atom. The first-order valence-electron chi connectivity index (χ1n) is 8.54. The molecule has 0 bridgehead atoms. The highest BCUT2D eigenvalue weighted by atomic mass is 16.6. The Hall–Kier alpha value is -2.71. The molecule has 2 aliphatic rings. The van der Waals surface area contributed by atoms with Crippen LogP contribution in [0.2, 0.25) is 0 Å². The highest BCUT2D eigenvalue weighted by Gasteiger charge is 2.34. The number of fused-ring (bicyclic) bond motifs is 1. The van der Waals surface area contributed by atoms with E-state index in [1.807, 2.05) is 15.4 Å². The largest absolute Gasteiger partial charge is 0.382 e. The summed E-state index contributed by atoms with van der Waals surface area (Å²) in [5.41, 5.74) is 0.962. The number of carbonyl (C=O) groups is 1. The molecular formula is C16H21N7O2. The van der Waals surface area contributed by atoms with Crippen LogP contribution < -0.4 is 4.90 Å². The maximum absolute atomic E-state index is 12.7. The van der Waals surface area contributed by atoms with E-state index in [4.69, 9.17) is 4.84 Å².